The second kappa shape index (κ2) is 8.61. The molecule has 0 radical (unpaired) electrons. The number of β-amino-alcohol motifs (C(OH)–C–C–N with tert-alkyl or cyclic N) is 1. The predicted molar refractivity (Wildman–Crippen MR) is 99.5 cm³/mol. The van der Waals surface area contributed by atoms with E-state index in [9.17, 15) is 9.90 Å². The monoisotopic (exact) mass is 349 g/mol. The highest BCUT2D eigenvalue weighted by molar-refractivity contribution is 5.94. The van der Waals surface area contributed by atoms with E-state index < -0.39 is 6.10 Å². The summed E-state index contributed by atoms with van der Waals surface area (Å²) in [5.74, 6) is 0.00745. The van der Waals surface area contributed by atoms with E-state index in [-0.39, 0.29) is 5.91 Å². The predicted octanol–water partition coefficient (Wildman–Crippen LogP) is 2.24. The summed E-state index contributed by atoms with van der Waals surface area (Å²) in [6.07, 6.45) is -0.201. The highest BCUT2D eigenvalue weighted by Gasteiger charge is 2.23. The Hall–Kier alpha value is -2.68. The van der Waals surface area contributed by atoms with Gasteiger partial charge in [0.15, 0.2) is 0 Å². The number of carbonyl (C=O) groups is 1. The lowest BCUT2D eigenvalue weighted by Crippen LogP contribution is -2.49. The molecule has 1 aliphatic heterocycles. The molecular weight excluding hydrogens is 326 g/mol. The minimum atomic E-state index is -0.513. The second-order valence-corrected chi connectivity index (χ2v) is 6.55. The summed E-state index contributed by atoms with van der Waals surface area (Å²) >= 11 is 0. The fourth-order valence-corrected chi connectivity index (χ4v) is 3.25. The molecule has 1 saturated heterocycles. The molecular formula is C21H23N3O2. The number of piperazine rings is 1. The van der Waals surface area contributed by atoms with Gasteiger partial charge in [0.2, 0.25) is 0 Å². The molecule has 0 aromatic heterocycles. The van der Waals surface area contributed by atoms with Gasteiger partial charge in [-0.15, -0.1) is 0 Å². The lowest BCUT2D eigenvalue weighted by atomic mass is 10.1. The van der Waals surface area contributed by atoms with Gasteiger partial charge in [0.1, 0.15) is 0 Å². The summed E-state index contributed by atoms with van der Waals surface area (Å²) < 4.78 is 0. The molecule has 5 nitrogen and oxygen atoms in total. The first-order chi connectivity index (χ1) is 12.7. The van der Waals surface area contributed by atoms with E-state index in [1.54, 1.807) is 12.1 Å². The number of rotatable bonds is 5. The van der Waals surface area contributed by atoms with Gasteiger partial charge >= 0.3 is 0 Å². The van der Waals surface area contributed by atoms with Crippen molar-refractivity contribution in [2.24, 2.45) is 0 Å². The van der Waals surface area contributed by atoms with E-state index in [2.05, 4.69) is 11.0 Å². The molecule has 5 heteroatoms. The van der Waals surface area contributed by atoms with E-state index in [1.807, 2.05) is 47.4 Å². The summed E-state index contributed by atoms with van der Waals surface area (Å²) in [5.41, 5.74) is 2.42. The van der Waals surface area contributed by atoms with Crippen LogP contribution in [0.5, 0.6) is 0 Å². The number of hydrogen-bond acceptors (Lipinski definition) is 4. The number of hydrogen-bond donors (Lipinski definition) is 1. The van der Waals surface area contributed by atoms with Gasteiger partial charge in [0, 0.05) is 38.3 Å². The fourth-order valence-electron chi connectivity index (χ4n) is 3.25. The van der Waals surface area contributed by atoms with Crippen molar-refractivity contribution in [3.63, 3.8) is 0 Å². The zero-order chi connectivity index (χ0) is 18.4. The zero-order valence-corrected chi connectivity index (χ0v) is 14.7. The van der Waals surface area contributed by atoms with E-state index in [1.165, 1.54) is 0 Å². The Morgan fingerprint density at radius 3 is 2.50 bits per heavy atom. The van der Waals surface area contributed by atoms with E-state index in [0.717, 1.165) is 24.2 Å². The van der Waals surface area contributed by atoms with Crippen LogP contribution in [0, 0.1) is 11.3 Å². The van der Waals surface area contributed by atoms with Crippen LogP contribution in [-0.4, -0.2) is 53.5 Å². The van der Waals surface area contributed by atoms with Crippen LogP contribution in [0.15, 0.2) is 54.6 Å². The molecule has 2 aromatic carbocycles. The zero-order valence-electron chi connectivity index (χ0n) is 14.7. The topological polar surface area (TPSA) is 67.6 Å². The van der Waals surface area contributed by atoms with Gasteiger partial charge in [-0.25, -0.2) is 0 Å². The van der Waals surface area contributed by atoms with Crippen LogP contribution in [0.1, 0.15) is 27.6 Å². The first kappa shape index (κ1) is 18.1. The van der Waals surface area contributed by atoms with Crippen LogP contribution in [0.4, 0.5) is 0 Å². The minimum absolute atomic E-state index is 0.00745. The van der Waals surface area contributed by atoms with Crippen LogP contribution < -0.4 is 0 Å². The third-order valence-electron chi connectivity index (χ3n) is 4.73. The summed E-state index contributed by atoms with van der Waals surface area (Å²) in [6, 6.07) is 19.1. The van der Waals surface area contributed by atoms with Crippen molar-refractivity contribution >= 4 is 5.91 Å². The van der Waals surface area contributed by atoms with Crippen LogP contribution >= 0.6 is 0 Å². The lowest BCUT2D eigenvalue weighted by molar-refractivity contribution is 0.0527. The van der Waals surface area contributed by atoms with Crippen molar-refractivity contribution in [2.75, 3.05) is 32.7 Å². The number of nitriles is 1. The number of carbonyl (C=O) groups excluding carboxylic acids is 1. The van der Waals surface area contributed by atoms with Crippen LogP contribution in [0.2, 0.25) is 0 Å². The molecule has 1 heterocycles. The Kier molecular flexibility index (Phi) is 6.00. The molecule has 1 fully saturated rings. The molecule has 0 bridgehead atoms. The van der Waals surface area contributed by atoms with Crippen LogP contribution in [-0.2, 0) is 6.42 Å². The average Bonchev–Trinajstić information content (AvgIpc) is 2.69. The molecule has 26 heavy (non-hydrogen) atoms. The summed E-state index contributed by atoms with van der Waals surface area (Å²) in [7, 11) is 0. The van der Waals surface area contributed by atoms with Crippen molar-refractivity contribution in [3.05, 3.63) is 71.3 Å². The molecule has 0 saturated carbocycles. The maximum Gasteiger partial charge on any atom is 0.253 e. The average molecular weight is 349 g/mol. The highest BCUT2D eigenvalue weighted by atomic mass is 16.3. The van der Waals surface area contributed by atoms with E-state index in [0.29, 0.717) is 31.6 Å². The number of aliphatic hydroxyl groups excluding tert-OH is 1. The third kappa shape index (κ3) is 4.48. The Balaban J connectivity index is 1.54. The van der Waals surface area contributed by atoms with Crippen LogP contribution in [0.3, 0.4) is 0 Å². The SMILES string of the molecule is N#CCc1cccc(C(=O)N2CCN(CC(O)c3ccccc3)CC2)c1. The summed E-state index contributed by atoms with van der Waals surface area (Å²) in [4.78, 5) is 16.7. The lowest BCUT2D eigenvalue weighted by Gasteiger charge is -2.35. The van der Waals surface area contributed by atoms with Crippen molar-refractivity contribution in [3.8, 4) is 6.07 Å². The molecule has 1 amide bonds. The third-order valence-corrected chi connectivity index (χ3v) is 4.73. The van der Waals surface area contributed by atoms with Gasteiger partial charge in [-0.3, -0.25) is 9.69 Å². The molecule has 134 valence electrons. The molecule has 2 aromatic rings. The van der Waals surface area contributed by atoms with Gasteiger partial charge < -0.3 is 10.0 Å². The maximum absolute atomic E-state index is 12.7. The van der Waals surface area contributed by atoms with Crippen LogP contribution in [0.25, 0.3) is 0 Å². The first-order valence-electron chi connectivity index (χ1n) is 8.88. The molecule has 1 aliphatic rings. The first-order valence-corrected chi connectivity index (χ1v) is 8.88. The normalized spacial score (nSPS) is 16.1. The quantitative estimate of drug-likeness (QED) is 0.899. The largest absolute Gasteiger partial charge is 0.387 e. The fraction of sp³-hybridized carbons (Fsp3) is 0.333. The number of amides is 1. The molecule has 1 atom stereocenters. The van der Waals surface area contributed by atoms with E-state index in [4.69, 9.17) is 5.26 Å². The smallest absolute Gasteiger partial charge is 0.253 e. The van der Waals surface area contributed by atoms with Gasteiger partial charge in [-0.1, -0.05) is 42.5 Å². The standard InChI is InChI=1S/C21H23N3O2/c22-10-9-17-5-4-8-19(15-17)21(26)24-13-11-23(12-14-24)16-20(25)18-6-2-1-3-7-18/h1-8,15,20,25H,9,11-14,16H2. The highest BCUT2D eigenvalue weighted by Crippen LogP contribution is 2.16. The molecule has 0 spiro atoms. The Bertz CT molecular complexity index is 777. The summed E-state index contributed by atoms with van der Waals surface area (Å²) in [5, 5.41) is 19.2. The number of benzene rings is 2. The minimum Gasteiger partial charge on any atom is -0.387 e. The number of nitrogens with zero attached hydrogens (tertiary/aromatic N) is 3. The maximum atomic E-state index is 12.7. The van der Waals surface area contributed by atoms with Gasteiger partial charge in [-0.05, 0) is 23.3 Å². The molecule has 1 unspecified atom stereocenters. The summed E-state index contributed by atoms with van der Waals surface area (Å²) in [6.45, 7) is 3.34. The van der Waals surface area contributed by atoms with Crippen molar-refractivity contribution in [1.29, 1.82) is 5.26 Å². The molecule has 3 rings (SSSR count). The molecule has 1 N–H and O–H groups in total. The van der Waals surface area contributed by atoms with E-state index >= 15 is 0 Å². The Morgan fingerprint density at radius 1 is 1.08 bits per heavy atom. The number of aliphatic hydroxyl groups is 1. The second-order valence-electron chi connectivity index (χ2n) is 6.55. The van der Waals surface area contributed by atoms with Gasteiger partial charge in [0.25, 0.3) is 5.91 Å². The van der Waals surface area contributed by atoms with Gasteiger partial charge in [-0.2, -0.15) is 5.26 Å². The Morgan fingerprint density at radius 2 is 1.81 bits per heavy atom. The van der Waals surface area contributed by atoms with Gasteiger partial charge in [0.05, 0.1) is 18.6 Å². The van der Waals surface area contributed by atoms with Crippen molar-refractivity contribution < 1.29 is 9.90 Å². The van der Waals surface area contributed by atoms with Crippen molar-refractivity contribution in [1.82, 2.24) is 9.80 Å². The van der Waals surface area contributed by atoms with Crippen molar-refractivity contribution in [2.45, 2.75) is 12.5 Å². The molecule has 0 aliphatic carbocycles. The Labute approximate surface area is 154 Å².